The number of hydrogen-bond donors (Lipinski definition) is 0. The first kappa shape index (κ1) is 19.3. The first-order chi connectivity index (χ1) is 13.7. The van der Waals surface area contributed by atoms with Gasteiger partial charge in [0.25, 0.3) is 0 Å². The normalized spacial score (nSPS) is 18.1. The molecule has 1 atom stereocenters. The van der Waals surface area contributed by atoms with Crippen molar-refractivity contribution in [2.45, 2.75) is 43.7 Å². The molecule has 1 aromatic carbocycles. The third-order valence-electron chi connectivity index (χ3n) is 4.83. The Balaban J connectivity index is 1.39. The molecule has 150 valence electrons. The number of thioether (sulfide) groups is 1. The minimum absolute atomic E-state index is 0.297. The van der Waals surface area contributed by atoms with Crippen LogP contribution in [0.1, 0.15) is 24.2 Å². The molecule has 1 saturated heterocycles. The minimum atomic E-state index is 0.297. The van der Waals surface area contributed by atoms with Crippen LogP contribution in [0.5, 0.6) is 11.5 Å². The lowest BCUT2D eigenvalue weighted by atomic mass is 10.2. The van der Waals surface area contributed by atoms with Crippen LogP contribution in [-0.2, 0) is 24.4 Å². The molecule has 28 heavy (non-hydrogen) atoms. The summed E-state index contributed by atoms with van der Waals surface area (Å²) in [5, 5.41) is 9.78. The Kier molecular flexibility index (Phi) is 6.19. The number of nitrogens with zero attached hydrogens (tertiary/aromatic N) is 4. The fourth-order valence-electron chi connectivity index (χ4n) is 3.45. The van der Waals surface area contributed by atoms with E-state index in [2.05, 4.69) is 39.4 Å². The van der Waals surface area contributed by atoms with E-state index in [-0.39, 0.29) is 0 Å². The predicted octanol–water partition coefficient (Wildman–Crippen LogP) is 3.10. The van der Waals surface area contributed by atoms with Gasteiger partial charge in [-0.3, -0.25) is 4.90 Å². The Labute approximate surface area is 169 Å². The largest absolute Gasteiger partial charge is 0.454 e. The summed E-state index contributed by atoms with van der Waals surface area (Å²) in [6.07, 6.45) is 4.51. The van der Waals surface area contributed by atoms with E-state index in [1.165, 1.54) is 5.56 Å². The standard InChI is InChI=1S/C20H26N4O3S/c1-3-8-24-19(21-22-20(24)28-13-16-5-4-9-25-16)12-23(2)11-15-6-7-17-18(10-15)27-14-26-17/h3,6-7,10,16H,1,4-5,8-9,11-14H2,2H3/t16-/m0/s1. The summed E-state index contributed by atoms with van der Waals surface area (Å²) >= 11 is 1.72. The van der Waals surface area contributed by atoms with Gasteiger partial charge in [0, 0.05) is 25.4 Å². The Morgan fingerprint density at radius 3 is 3.00 bits per heavy atom. The van der Waals surface area contributed by atoms with Crippen LogP contribution in [0, 0.1) is 0 Å². The van der Waals surface area contributed by atoms with Gasteiger partial charge >= 0.3 is 0 Å². The molecule has 0 saturated carbocycles. The highest BCUT2D eigenvalue weighted by Gasteiger charge is 2.19. The summed E-state index contributed by atoms with van der Waals surface area (Å²) in [4.78, 5) is 2.22. The van der Waals surface area contributed by atoms with E-state index in [4.69, 9.17) is 14.2 Å². The maximum Gasteiger partial charge on any atom is 0.231 e. The molecule has 1 aromatic heterocycles. The van der Waals surface area contributed by atoms with Crippen LogP contribution >= 0.6 is 11.8 Å². The Morgan fingerprint density at radius 2 is 2.18 bits per heavy atom. The van der Waals surface area contributed by atoms with Crippen LogP contribution in [0.15, 0.2) is 36.0 Å². The molecule has 2 aromatic rings. The lowest BCUT2D eigenvalue weighted by Crippen LogP contribution is -2.20. The second-order valence-corrected chi connectivity index (χ2v) is 8.09. The third-order valence-corrected chi connectivity index (χ3v) is 5.93. The Morgan fingerprint density at radius 1 is 1.29 bits per heavy atom. The monoisotopic (exact) mass is 402 g/mol. The number of rotatable bonds is 9. The van der Waals surface area contributed by atoms with Crippen LogP contribution in [0.4, 0.5) is 0 Å². The van der Waals surface area contributed by atoms with Crippen molar-refractivity contribution in [3.05, 3.63) is 42.2 Å². The van der Waals surface area contributed by atoms with Crippen molar-refractivity contribution >= 4 is 11.8 Å². The molecular formula is C20H26N4O3S. The van der Waals surface area contributed by atoms with Crippen molar-refractivity contribution in [1.82, 2.24) is 19.7 Å². The molecule has 2 aliphatic rings. The number of benzene rings is 1. The zero-order chi connectivity index (χ0) is 19.3. The molecule has 7 nitrogen and oxygen atoms in total. The quantitative estimate of drug-likeness (QED) is 0.472. The van der Waals surface area contributed by atoms with E-state index in [1.54, 1.807) is 11.8 Å². The van der Waals surface area contributed by atoms with Crippen LogP contribution in [0.25, 0.3) is 0 Å². The van der Waals surface area contributed by atoms with Gasteiger partial charge in [0.2, 0.25) is 6.79 Å². The van der Waals surface area contributed by atoms with Crippen molar-refractivity contribution in [2.75, 3.05) is 26.2 Å². The SMILES string of the molecule is C=CCn1c(CN(C)Cc2ccc3c(c2)OCO3)nnc1SC[C@@H]1CCCO1. The number of fused-ring (bicyclic) bond motifs is 1. The maximum absolute atomic E-state index is 5.72. The minimum Gasteiger partial charge on any atom is -0.454 e. The van der Waals surface area contributed by atoms with Gasteiger partial charge in [-0.2, -0.15) is 0 Å². The summed E-state index contributed by atoms with van der Waals surface area (Å²) in [7, 11) is 2.08. The van der Waals surface area contributed by atoms with Gasteiger partial charge < -0.3 is 18.8 Å². The molecule has 8 heteroatoms. The van der Waals surface area contributed by atoms with E-state index in [0.29, 0.717) is 26.0 Å². The molecule has 1 fully saturated rings. The van der Waals surface area contributed by atoms with Crippen molar-refractivity contribution in [1.29, 1.82) is 0 Å². The summed E-state index contributed by atoms with van der Waals surface area (Å²) in [6.45, 7) is 7.25. The third kappa shape index (κ3) is 4.51. The van der Waals surface area contributed by atoms with Gasteiger partial charge in [0.1, 0.15) is 5.82 Å². The van der Waals surface area contributed by atoms with E-state index < -0.39 is 0 Å². The number of hydrogen-bond acceptors (Lipinski definition) is 7. The second kappa shape index (κ2) is 8.98. The topological polar surface area (TPSA) is 61.6 Å². The molecule has 2 aliphatic heterocycles. The molecule has 0 amide bonds. The zero-order valence-electron chi connectivity index (χ0n) is 16.2. The van der Waals surface area contributed by atoms with Crippen molar-refractivity contribution < 1.29 is 14.2 Å². The highest BCUT2D eigenvalue weighted by Crippen LogP contribution is 2.32. The van der Waals surface area contributed by atoms with Crippen LogP contribution in [-0.4, -0.2) is 52.0 Å². The molecule has 0 unspecified atom stereocenters. The van der Waals surface area contributed by atoms with Crippen LogP contribution in [0.3, 0.4) is 0 Å². The average Bonchev–Trinajstić information content (AvgIpc) is 3.42. The molecule has 3 heterocycles. The van der Waals surface area contributed by atoms with E-state index in [1.807, 2.05) is 18.2 Å². The van der Waals surface area contributed by atoms with Gasteiger partial charge in [-0.25, -0.2) is 0 Å². The fourth-order valence-corrected chi connectivity index (χ4v) is 4.48. The predicted molar refractivity (Wildman–Crippen MR) is 108 cm³/mol. The number of allylic oxidation sites excluding steroid dienone is 1. The molecule has 0 spiro atoms. The van der Waals surface area contributed by atoms with E-state index in [0.717, 1.165) is 54.2 Å². The highest BCUT2D eigenvalue weighted by atomic mass is 32.2. The highest BCUT2D eigenvalue weighted by molar-refractivity contribution is 7.99. The number of aromatic nitrogens is 3. The van der Waals surface area contributed by atoms with Gasteiger partial charge in [-0.15, -0.1) is 16.8 Å². The van der Waals surface area contributed by atoms with E-state index in [9.17, 15) is 0 Å². The maximum atomic E-state index is 5.72. The first-order valence-electron chi connectivity index (χ1n) is 9.57. The first-order valence-corrected chi connectivity index (χ1v) is 10.6. The lowest BCUT2D eigenvalue weighted by molar-refractivity contribution is 0.129. The van der Waals surface area contributed by atoms with Crippen LogP contribution < -0.4 is 9.47 Å². The average molecular weight is 403 g/mol. The molecule has 0 N–H and O–H groups in total. The second-order valence-electron chi connectivity index (χ2n) is 7.10. The molecule has 4 rings (SSSR count). The van der Waals surface area contributed by atoms with Crippen molar-refractivity contribution in [2.24, 2.45) is 0 Å². The molecular weight excluding hydrogens is 376 g/mol. The van der Waals surface area contributed by atoms with Crippen molar-refractivity contribution in [3.63, 3.8) is 0 Å². The van der Waals surface area contributed by atoms with Gasteiger partial charge in [0.15, 0.2) is 16.7 Å². The summed E-state index contributed by atoms with van der Waals surface area (Å²) in [5.41, 5.74) is 1.18. The summed E-state index contributed by atoms with van der Waals surface area (Å²) in [6, 6.07) is 6.07. The summed E-state index contributed by atoms with van der Waals surface area (Å²) in [5.74, 6) is 3.49. The molecule has 0 bridgehead atoms. The van der Waals surface area contributed by atoms with E-state index >= 15 is 0 Å². The molecule has 0 radical (unpaired) electrons. The Bertz CT molecular complexity index is 820. The Hall–Kier alpha value is -2.03. The van der Waals surface area contributed by atoms with Gasteiger partial charge in [-0.1, -0.05) is 23.9 Å². The smallest absolute Gasteiger partial charge is 0.231 e. The lowest BCUT2D eigenvalue weighted by Gasteiger charge is -2.17. The fraction of sp³-hybridized carbons (Fsp3) is 0.500. The van der Waals surface area contributed by atoms with Gasteiger partial charge in [-0.05, 0) is 37.6 Å². The summed E-state index contributed by atoms with van der Waals surface area (Å²) < 4.78 is 18.7. The van der Waals surface area contributed by atoms with Crippen LogP contribution in [0.2, 0.25) is 0 Å². The zero-order valence-corrected chi connectivity index (χ0v) is 17.0. The molecule has 0 aliphatic carbocycles. The number of ether oxygens (including phenoxy) is 3. The van der Waals surface area contributed by atoms with Gasteiger partial charge in [0.05, 0.1) is 12.6 Å². The van der Waals surface area contributed by atoms with Crippen molar-refractivity contribution in [3.8, 4) is 11.5 Å².